The molecule has 1 fully saturated rings. The molecule has 0 aromatic heterocycles. The van der Waals surface area contributed by atoms with Crippen LogP contribution >= 0.6 is 0 Å². The molecular weight excluding hydrogens is 226 g/mol. The Hall–Kier alpha value is -0.710. The van der Waals surface area contributed by atoms with Gasteiger partial charge in [0.15, 0.2) is 0 Å². The smallest absolute Gasteiger partial charge is 0.248 e. The number of rotatable bonds is 4. The standard InChI is InChI=1S/C12H22F2N2O/c1-9(5-8-15)16(2)11(17)10-3-6-12(13,14)7-4-10/h9-10H,3-8,15H2,1-2H3. The quantitative estimate of drug-likeness (QED) is 0.827. The van der Waals surface area contributed by atoms with Crippen LogP contribution in [-0.4, -0.2) is 36.4 Å². The number of nitrogens with zero attached hydrogens (tertiary/aromatic N) is 1. The van der Waals surface area contributed by atoms with Gasteiger partial charge in [0.2, 0.25) is 11.8 Å². The van der Waals surface area contributed by atoms with Crippen LogP contribution in [0, 0.1) is 5.92 Å². The van der Waals surface area contributed by atoms with Crippen LogP contribution in [0.5, 0.6) is 0 Å². The highest BCUT2D eigenvalue weighted by Gasteiger charge is 2.38. The second kappa shape index (κ2) is 5.76. The fourth-order valence-corrected chi connectivity index (χ4v) is 2.23. The number of amides is 1. The Morgan fingerprint density at radius 3 is 2.47 bits per heavy atom. The molecule has 3 nitrogen and oxygen atoms in total. The maximum atomic E-state index is 13.0. The van der Waals surface area contributed by atoms with Crippen LogP contribution in [0.2, 0.25) is 0 Å². The van der Waals surface area contributed by atoms with E-state index in [1.807, 2.05) is 6.92 Å². The van der Waals surface area contributed by atoms with Crippen LogP contribution in [-0.2, 0) is 4.79 Å². The third-order valence-electron chi connectivity index (χ3n) is 3.66. The lowest BCUT2D eigenvalue weighted by atomic mass is 9.85. The molecule has 0 saturated heterocycles. The number of halogens is 2. The SMILES string of the molecule is CC(CCN)N(C)C(=O)C1CCC(F)(F)CC1. The van der Waals surface area contributed by atoms with Crippen molar-refractivity contribution in [3.05, 3.63) is 0 Å². The molecular formula is C12H22F2N2O. The van der Waals surface area contributed by atoms with E-state index in [1.54, 1.807) is 11.9 Å². The second-order valence-electron chi connectivity index (χ2n) is 5.01. The van der Waals surface area contributed by atoms with Gasteiger partial charge in [0, 0.05) is 31.8 Å². The number of hydrogen-bond acceptors (Lipinski definition) is 2. The molecule has 5 heteroatoms. The van der Waals surface area contributed by atoms with Crippen molar-refractivity contribution in [3.8, 4) is 0 Å². The van der Waals surface area contributed by atoms with Gasteiger partial charge in [-0.3, -0.25) is 4.79 Å². The molecule has 100 valence electrons. The number of nitrogens with two attached hydrogens (primary N) is 1. The summed E-state index contributed by atoms with van der Waals surface area (Å²) in [7, 11) is 1.73. The molecule has 1 aliphatic carbocycles. The maximum absolute atomic E-state index is 13.0. The first kappa shape index (κ1) is 14.4. The van der Waals surface area contributed by atoms with Gasteiger partial charge in [-0.2, -0.15) is 0 Å². The highest BCUT2D eigenvalue weighted by molar-refractivity contribution is 5.79. The Labute approximate surface area is 101 Å². The topological polar surface area (TPSA) is 46.3 Å². The van der Waals surface area contributed by atoms with Crippen LogP contribution in [0.3, 0.4) is 0 Å². The van der Waals surface area contributed by atoms with Gasteiger partial charge in [-0.1, -0.05) is 0 Å². The van der Waals surface area contributed by atoms with E-state index in [1.165, 1.54) is 0 Å². The Morgan fingerprint density at radius 1 is 1.47 bits per heavy atom. The zero-order valence-corrected chi connectivity index (χ0v) is 10.6. The number of carbonyl (C=O) groups is 1. The molecule has 0 spiro atoms. The van der Waals surface area contributed by atoms with Gasteiger partial charge < -0.3 is 10.6 Å². The van der Waals surface area contributed by atoms with Crippen molar-refractivity contribution < 1.29 is 13.6 Å². The van der Waals surface area contributed by atoms with Crippen LogP contribution < -0.4 is 5.73 Å². The fraction of sp³-hybridized carbons (Fsp3) is 0.917. The van der Waals surface area contributed by atoms with Gasteiger partial charge in [0.1, 0.15) is 0 Å². The molecule has 1 atom stereocenters. The summed E-state index contributed by atoms with van der Waals surface area (Å²) in [4.78, 5) is 13.7. The van der Waals surface area contributed by atoms with Gasteiger partial charge in [-0.15, -0.1) is 0 Å². The van der Waals surface area contributed by atoms with Crippen LogP contribution in [0.1, 0.15) is 39.0 Å². The first-order chi connectivity index (χ1) is 7.87. The molecule has 0 bridgehead atoms. The minimum absolute atomic E-state index is 0.0125. The molecule has 0 aromatic rings. The van der Waals surface area contributed by atoms with Crippen molar-refractivity contribution in [1.82, 2.24) is 4.90 Å². The predicted octanol–water partition coefficient (Wildman–Crippen LogP) is 2.01. The Balaban J connectivity index is 2.48. The maximum Gasteiger partial charge on any atom is 0.248 e. The molecule has 1 amide bonds. The third kappa shape index (κ3) is 3.91. The van der Waals surface area contributed by atoms with E-state index >= 15 is 0 Å². The van der Waals surface area contributed by atoms with Gasteiger partial charge in [-0.25, -0.2) is 8.78 Å². The highest BCUT2D eigenvalue weighted by Crippen LogP contribution is 2.36. The van der Waals surface area contributed by atoms with E-state index in [0.717, 1.165) is 6.42 Å². The van der Waals surface area contributed by atoms with Crippen molar-refractivity contribution in [3.63, 3.8) is 0 Å². The van der Waals surface area contributed by atoms with Crippen LogP contribution in [0.25, 0.3) is 0 Å². The average molecular weight is 248 g/mol. The summed E-state index contributed by atoms with van der Waals surface area (Å²) < 4.78 is 26.0. The molecule has 1 rings (SSSR count). The third-order valence-corrected chi connectivity index (χ3v) is 3.66. The Kier molecular flexibility index (Phi) is 4.86. The van der Waals surface area contributed by atoms with Crippen LogP contribution in [0.15, 0.2) is 0 Å². The highest BCUT2D eigenvalue weighted by atomic mass is 19.3. The van der Waals surface area contributed by atoms with E-state index in [4.69, 9.17) is 5.73 Å². The van der Waals surface area contributed by atoms with Crippen molar-refractivity contribution in [2.75, 3.05) is 13.6 Å². The Bertz CT molecular complexity index is 261. The zero-order chi connectivity index (χ0) is 13.1. The van der Waals surface area contributed by atoms with E-state index < -0.39 is 5.92 Å². The lowest BCUT2D eigenvalue weighted by Gasteiger charge is -2.32. The summed E-state index contributed by atoms with van der Waals surface area (Å²) in [5.74, 6) is -2.82. The van der Waals surface area contributed by atoms with E-state index in [2.05, 4.69) is 0 Å². The van der Waals surface area contributed by atoms with Crippen molar-refractivity contribution in [2.45, 2.75) is 51.0 Å². The lowest BCUT2D eigenvalue weighted by Crippen LogP contribution is -2.42. The summed E-state index contributed by atoms with van der Waals surface area (Å²) in [6.45, 7) is 2.46. The fourth-order valence-electron chi connectivity index (χ4n) is 2.23. The number of alkyl halides is 2. The van der Waals surface area contributed by atoms with E-state index in [-0.39, 0.29) is 30.7 Å². The summed E-state index contributed by atoms with van der Waals surface area (Å²) in [6.07, 6.45) is 1.01. The van der Waals surface area contributed by atoms with Crippen molar-refractivity contribution in [1.29, 1.82) is 0 Å². The van der Waals surface area contributed by atoms with E-state index in [0.29, 0.717) is 19.4 Å². The Morgan fingerprint density at radius 2 is 2.00 bits per heavy atom. The average Bonchev–Trinajstić information content (AvgIpc) is 2.27. The van der Waals surface area contributed by atoms with Gasteiger partial charge in [0.25, 0.3) is 0 Å². The first-order valence-corrected chi connectivity index (χ1v) is 6.22. The molecule has 1 unspecified atom stereocenters. The molecule has 2 N–H and O–H groups in total. The summed E-state index contributed by atoms with van der Waals surface area (Å²) in [5, 5.41) is 0. The monoisotopic (exact) mass is 248 g/mol. The largest absolute Gasteiger partial charge is 0.343 e. The number of hydrogen-bond donors (Lipinski definition) is 1. The summed E-state index contributed by atoms with van der Waals surface area (Å²) in [6, 6.07) is 0.0786. The van der Waals surface area contributed by atoms with Gasteiger partial charge in [-0.05, 0) is 32.7 Å². The minimum Gasteiger partial charge on any atom is -0.343 e. The summed E-state index contributed by atoms with van der Waals surface area (Å²) in [5.41, 5.74) is 5.44. The minimum atomic E-state index is -2.57. The zero-order valence-electron chi connectivity index (χ0n) is 10.6. The van der Waals surface area contributed by atoms with Crippen molar-refractivity contribution >= 4 is 5.91 Å². The first-order valence-electron chi connectivity index (χ1n) is 6.22. The molecule has 0 radical (unpaired) electrons. The van der Waals surface area contributed by atoms with Gasteiger partial charge >= 0.3 is 0 Å². The summed E-state index contributed by atoms with van der Waals surface area (Å²) >= 11 is 0. The van der Waals surface area contributed by atoms with Crippen molar-refractivity contribution in [2.24, 2.45) is 11.7 Å². The lowest BCUT2D eigenvalue weighted by molar-refractivity contribution is -0.140. The van der Waals surface area contributed by atoms with Crippen LogP contribution in [0.4, 0.5) is 8.78 Å². The normalized spacial score (nSPS) is 22.2. The molecule has 1 saturated carbocycles. The second-order valence-corrected chi connectivity index (χ2v) is 5.01. The molecule has 0 heterocycles. The predicted molar refractivity (Wildman–Crippen MR) is 62.8 cm³/mol. The molecule has 0 aliphatic heterocycles. The van der Waals surface area contributed by atoms with Gasteiger partial charge in [0.05, 0.1) is 0 Å². The molecule has 1 aliphatic rings. The van der Waals surface area contributed by atoms with E-state index in [9.17, 15) is 13.6 Å². The molecule has 0 aromatic carbocycles. The number of carbonyl (C=O) groups excluding carboxylic acids is 1. The molecule has 17 heavy (non-hydrogen) atoms.